The number of nitrogens with zero attached hydrogens (tertiary/aromatic N) is 1. The van der Waals surface area contributed by atoms with Crippen molar-refractivity contribution in [3.05, 3.63) is 0 Å². The summed E-state index contributed by atoms with van der Waals surface area (Å²) < 4.78 is 0. The fourth-order valence-corrected chi connectivity index (χ4v) is 3.48. The van der Waals surface area contributed by atoms with Gasteiger partial charge < -0.3 is 0 Å². The lowest BCUT2D eigenvalue weighted by molar-refractivity contribution is -0.129. The van der Waals surface area contributed by atoms with Crippen molar-refractivity contribution in [3.63, 3.8) is 0 Å². The van der Waals surface area contributed by atoms with Gasteiger partial charge in [0.1, 0.15) is 0 Å². The van der Waals surface area contributed by atoms with Gasteiger partial charge >= 0.3 is 0 Å². The van der Waals surface area contributed by atoms with E-state index >= 15 is 0 Å². The van der Waals surface area contributed by atoms with E-state index in [4.69, 9.17) is 0 Å². The third-order valence-electron chi connectivity index (χ3n) is 4.70. The first-order chi connectivity index (χ1) is 8.66. The fraction of sp³-hybridized carbons (Fsp3) is 0.933. The van der Waals surface area contributed by atoms with Crippen molar-refractivity contribution >= 4 is 5.91 Å². The molecule has 1 N–H and O–H groups in total. The van der Waals surface area contributed by atoms with Crippen molar-refractivity contribution in [1.29, 1.82) is 0 Å². The molecule has 1 heterocycles. The lowest BCUT2D eigenvalue weighted by Crippen LogP contribution is -2.54. The summed E-state index contributed by atoms with van der Waals surface area (Å²) in [5.41, 5.74) is 3.14. The normalized spacial score (nSPS) is 30.6. The zero-order valence-corrected chi connectivity index (χ0v) is 12.0. The lowest BCUT2D eigenvalue weighted by atomic mass is 9.99. The fourth-order valence-electron chi connectivity index (χ4n) is 3.48. The Kier molecular flexibility index (Phi) is 5.04. The molecule has 1 amide bonds. The molecule has 0 unspecified atom stereocenters. The highest BCUT2D eigenvalue weighted by Crippen LogP contribution is 2.28. The monoisotopic (exact) mass is 252 g/mol. The molecule has 2 aliphatic rings. The van der Waals surface area contributed by atoms with Crippen molar-refractivity contribution in [2.24, 2.45) is 5.92 Å². The average Bonchev–Trinajstić information content (AvgIpc) is 2.84. The van der Waals surface area contributed by atoms with Crippen LogP contribution in [0.25, 0.3) is 0 Å². The van der Waals surface area contributed by atoms with Crippen LogP contribution in [0.4, 0.5) is 0 Å². The predicted octanol–water partition coefficient (Wildman–Crippen LogP) is 3.25. The van der Waals surface area contributed by atoms with E-state index in [-0.39, 0.29) is 5.91 Å². The molecule has 1 aliphatic heterocycles. The number of piperidine rings is 1. The lowest BCUT2D eigenvalue weighted by Gasteiger charge is -2.38. The number of nitrogens with one attached hydrogen (secondary N) is 1. The predicted molar refractivity (Wildman–Crippen MR) is 73.9 cm³/mol. The van der Waals surface area contributed by atoms with E-state index < -0.39 is 0 Å². The topological polar surface area (TPSA) is 32.3 Å². The Morgan fingerprint density at radius 3 is 2.28 bits per heavy atom. The van der Waals surface area contributed by atoms with Gasteiger partial charge in [-0.3, -0.25) is 10.2 Å². The maximum Gasteiger partial charge on any atom is 0.234 e. The van der Waals surface area contributed by atoms with Crippen LogP contribution in [0.2, 0.25) is 0 Å². The maximum absolute atomic E-state index is 12.0. The number of amides is 1. The Labute approximate surface area is 111 Å². The van der Waals surface area contributed by atoms with Gasteiger partial charge in [0, 0.05) is 18.5 Å². The molecule has 3 heteroatoms. The van der Waals surface area contributed by atoms with Crippen LogP contribution in [0.5, 0.6) is 0 Å². The molecule has 3 nitrogen and oxygen atoms in total. The second kappa shape index (κ2) is 6.55. The van der Waals surface area contributed by atoms with Gasteiger partial charge in [0.05, 0.1) is 0 Å². The van der Waals surface area contributed by atoms with Crippen molar-refractivity contribution in [2.45, 2.75) is 83.7 Å². The summed E-state index contributed by atoms with van der Waals surface area (Å²) in [5, 5.41) is 2.18. The molecular formula is C15H28N2O. The van der Waals surface area contributed by atoms with Crippen LogP contribution >= 0.6 is 0 Å². The van der Waals surface area contributed by atoms with E-state index in [0.29, 0.717) is 18.5 Å². The van der Waals surface area contributed by atoms with Gasteiger partial charge in [-0.1, -0.05) is 32.1 Å². The summed E-state index contributed by atoms with van der Waals surface area (Å²) in [7, 11) is 0. The minimum absolute atomic E-state index is 0.225. The largest absolute Gasteiger partial charge is 0.288 e. The Balaban J connectivity index is 1.71. The van der Waals surface area contributed by atoms with Crippen LogP contribution in [0.15, 0.2) is 0 Å². The third kappa shape index (κ3) is 3.71. The van der Waals surface area contributed by atoms with E-state index in [9.17, 15) is 4.79 Å². The molecule has 1 saturated heterocycles. The first kappa shape index (κ1) is 13.9. The minimum Gasteiger partial charge on any atom is -0.288 e. The van der Waals surface area contributed by atoms with E-state index in [0.717, 1.165) is 12.3 Å². The van der Waals surface area contributed by atoms with Crippen LogP contribution in [0.3, 0.4) is 0 Å². The van der Waals surface area contributed by atoms with Crippen molar-refractivity contribution in [2.75, 3.05) is 0 Å². The molecule has 1 saturated carbocycles. The maximum atomic E-state index is 12.0. The molecule has 0 radical (unpaired) electrons. The highest BCUT2D eigenvalue weighted by molar-refractivity contribution is 5.75. The average molecular weight is 252 g/mol. The first-order valence-electron chi connectivity index (χ1n) is 7.74. The molecule has 1 aliphatic carbocycles. The molecule has 0 spiro atoms. The minimum atomic E-state index is 0.225. The zero-order chi connectivity index (χ0) is 13.0. The van der Waals surface area contributed by atoms with Gasteiger partial charge in [0.25, 0.3) is 0 Å². The van der Waals surface area contributed by atoms with Gasteiger partial charge in [0.15, 0.2) is 0 Å². The Bertz CT molecular complexity index is 264. The number of hydrogen-bond acceptors (Lipinski definition) is 2. The number of hydrogen-bond donors (Lipinski definition) is 1. The Morgan fingerprint density at radius 1 is 1.06 bits per heavy atom. The molecular weight excluding hydrogens is 224 g/mol. The van der Waals surface area contributed by atoms with Crippen LogP contribution in [0, 0.1) is 5.92 Å². The van der Waals surface area contributed by atoms with E-state index in [2.05, 4.69) is 24.3 Å². The first-order valence-corrected chi connectivity index (χ1v) is 7.74. The number of carbonyl (C=O) groups is 1. The van der Waals surface area contributed by atoms with Crippen LogP contribution < -0.4 is 5.43 Å². The Hall–Kier alpha value is -0.570. The quantitative estimate of drug-likeness (QED) is 0.833. The molecule has 104 valence electrons. The summed E-state index contributed by atoms with van der Waals surface area (Å²) in [5.74, 6) is 1.04. The summed E-state index contributed by atoms with van der Waals surface area (Å²) in [6.07, 6.45) is 10.9. The molecule has 2 fully saturated rings. The smallest absolute Gasteiger partial charge is 0.234 e. The van der Waals surface area contributed by atoms with E-state index in [1.165, 1.54) is 44.9 Å². The molecule has 0 aromatic carbocycles. The molecule has 0 bridgehead atoms. The van der Waals surface area contributed by atoms with Gasteiger partial charge in [-0.15, -0.1) is 0 Å². The van der Waals surface area contributed by atoms with Crippen molar-refractivity contribution < 1.29 is 4.79 Å². The molecule has 0 aromatic heterocycles. The number of hydrazine groups is 1. The zero-order valence-electron chi connectivity index (χ0n) is 12.0. The third-order valence-corrected chi connectivity index (χ3v) is 4.70. The van der Waals surface area contributed by atoms with Gasteiger partial charge in [-0.05, 0) is 39.0 Å². The SMILES string of the molecule is C[C@H]1CCC[C@H](C)N1NC(=O)CCC1CCCC1. The molecule has 18 heavy (non-hydrogen) atoms. The van der Waals surface area contributed by atoms with Gasteiger partial charge in [-0.25, -0.2) is 5.01 Å². The molecule has 2 rings (SSSR count). The highest BCUT2D eigenvalue weighted by atomic mass is 16.2. The summed E-state index contributed by atoms with van der Waals surface area (Å²) in [6.45, 7) is 4.43. The molecule has 0 aromatic rings. The van der Waals surface area contributed by atoms with Gasteiger partial charge in [-0.2, -0.15) is 0 Å². The summed E-state index contributed by atoms with van der Waals surface area (Å²) >= 11 is 0. The summed E-state index contributed by atoms with van der Waals surface area (Å²) in [6, 6.07) is 0.980. The number of carbonyl (C=O) groups excluding carboxylic acids is 1. The molecule has 2 atom stereocenters. The Morgan fingerprint density at radius 2 is 1.67 bits per heavy atom. The second-order valence-electron chi connectivity index (χ2n) is 6.26. The van der Waals surface area contributed by atoms with E-state index in [1.54, 1.807) is 0 Å². The number of rotatable bonds is 4. The van der Waals surface area contributed by atoms with Crippen LogP contribution in [-0.2, 0) is 4.79 Å². The van der Waals surface area contributed by atoms with Crippen molar-refractivity contribution in [3.8, 4) is 0 Å². The van der Waals surface area contributed by atoms with Gasteiger partial charge in [0.2, 0.25) is 5.91 Å². The van der Waals surface area contributed by atoms with Crippen molar-refractivity contribution in [1.82, 2.24) is 10.4 Å². The second-order valence-corrected chi connectivity index (χ2v) is 6.26. The van der Waals surface area contributed by atoms with Crippen LogP contribution in [-0.4, -0.2) is 23.0 Å². The van der Waals surface area contributed by atoms with E-state index in [1.807, 2.05) is 0 Å². The van der Waals surface area contributed by atoms with Crippen LogP contribution in [0.1, 0.15) is 71.6 Å². The standard InChI is InChI=1S/C15H28N2O/c1-12-6-5-7-13(2)17(12)16-15(18)11-10-14-8-3-4-9-14/h12-14H,3-11H2,1-2H3,(H,16,18)/t12-,13-/m0/s1. The highest BCUT2D eigenvalue weighted by Gasteiger charge is 2.26. The summed E-state index contributed by atoms with van der Waals surface area (Å²) in [4.78, 5) is 12.0.